The van der Waals surface area contributed by atoms with E-state index >= 15 is 0 Å². The molecule has 2 aliphatic carbocycles. The van der Waals surface area contributed by atoms with Crippen LogP contribution in [-0.4, -0.2) is 26.4 Å². The lowest BCUT2D eigenvalue weighted by Gasteiger charge is -2.24. The number of hydrogen-bond acceptors (Lipinski definition) is 2. The number of anilines is 1. The van der Waals surface area contributed by atoms with Gasteiger partial charge in [0.05, 0.1) is 17.4 Å². The van der Waals surface area contributed by atoms with Gasteiger partial charge in [-0.25, -0.2) is 17.7 Å². The summed E-state index contributed by atoms with van der Waals surface area (Å²) < 4.78 is 80.1. The van der Waals surface area contributed by atoms with Gasteiger partial charge < -0.3 is 0 Å². The number of fused-ring (bicyclic) bond motifs is 5. The lowest BCUT2D eigenvalue weighted by Crippen LogP contribution is -2.37. The molecule has 3 fully saturated rings. The third kappa shape index (κ3) is 2.26. The van der Waals surface area contributed by atoms with E-state index in [4.69, 9.17) is 6.57 Å². The SMILES string of the molecule is [C-]#[N+]c1ccc(N2C[C@@H]3[C@H]4C[C@@H]([C@@H]3S2(=O)=O)[C@H](F)C4)cc1C(F)(F)F. The summed E-state index contributed by atoms with van der Waals surface area (Å²) in [6.07, 6.45) is -5.04. The summed E-state index contributed by atoms with van der Waals surface area (Å²) in [6, 6.07) is 2.91. The Morgan fingerprint density at radius 2 is 1.92 bits per heavy atom. The Morgan fingerprint density at radius 1 is 1.20 bits per heavy atom. The number of hydrogen-bond donors (Lipinski definition) is 0. The topological polar surface area (TPSA) is 41.7 Å². The Balaban J connectivity index is 1.76. The molecule has 0 spiro atoms. The van der Waals surface area contributed by atoms with E-state index in [1.807, 2.05) is 0 Å². The van der Waals surface area contributed by atoms with Gasteiger partial charge in [-0.05, 0) is 36.8 Å². The first-order valence-corrected chi connectivity index (χ1v) is 9.39. The predicted octanol–water partition coefficient (Wildman–Crippen LogP) is 3.77. The van der Waals surface area contributed by atoms with Gasteiger partial charge in [-0.15, -0.1) is 0 Å². The first-order chi connectivity index (χ1) is 11.6. The number of halogens is 4. The minimum atomic E-state index is -4.75. The van der Waals surface area contributed by atoms with Crippen molar-refractivity contribution in [2.45, 2.75) is 30.4 Å². The van der Waals surface area contributed by atoms with Crippen molar-refractivity contribution in [1.29, 1.82) is 0 Å². The highest BCUT2D eigenvalue weighted by atomic mass is 32.2. The molecule has 1 aliphatic heterocycles. The summed E-state index contributed by atoms with van der Waals surface area (Å²) in [5.74, 6) is -0.833. The molecule has 2 bridgehead atoms. The first kappa shape index (κ1) is 16.6. The van der Waals surface area contributed by atoms with E-state index in [0.29, 0.717) is 18.9 Å². The number of nitrogens with zero attached hydrogens (tertiary/aromatic N) is 2. The molecule has 25 heavy (non-hydrogen) atoms. The summed E-state index contributed by atoms with van der Waals surface area (Å²) in [5.41, 5.74) is -1.83. The molecule has 0 amide bonds. The van der Waals surface area contributed by atoms with E-state index in [-0.39, 0.29) is 24.1 Å². The molecule has 9 heteroatoms. The molecule has 2 saturated carbocycles. The van der Waals surface area contributed by atoms with Crippen LogP contribution in [0.1, 0.15) is 18.4 Å². The molecule has 0 radical (unpaired) electrons. The smallest absolute Gasteiger partial charge is 0.270 e. The molecule has 0 N–H and O–H groups in total. The van der Waals surface area contributed by atoms with E-state index in [2.05, 4.69) is 4.85 Å². The second kappa shape index (κ2) is 5.10. The van der Waals surface area contributed by atoms with E-state index < -0.39 is 44.8 Å². The zero-order chi connectivity index (χ0) is 18.1. The molecule has 0 aromatic heterocycles. The summed E-state index contributed by atoms with van der Waals surface area (Å²) in [5, 5.41) is -0.851. The lowest BCUT2D eigenvalue weighted by molar-refractivity contribution is -0.136. The predicted molar refractivity (Wildman–Crippen MR) is 82.4 cm³/mol. The fourth-order valence-electron chi connectivity index (χ4n) is 4.73. The van der Waals surface area contributed by atoms with Crippen LogP contribution in [0, 0.1) is 24.3 Å². The fourth-order valence-corrected chi connectivity index (χ4v) is 7.28. The van der Waals surface area contributed by atoms with Gasteiger partial charge in [0.1, 0.15) is 6.17 Å². The Labute approximate surface area is 142 Å². The molecule has 134 valence electrons. The number of rotatable bonds is 1. The van der Waals surface area contributed by atoms with Crippen molar-refractivity contribution in [3.05, 3.63) is 35.2 Å². The van der Waals surface area contributed by atoms with Crippen LogP contribution in [0.4, 0.5) is 28.9 Å². The van der Waals surface area contributed by atoms with Gasteiger partial charge >= 0.3 is 6.18 Å². The van der Waals surface area contributed by atoms with Crippen molar-refractivity contribution in [2.24, 2.45) is 17.8 Å². The molecular formula is C16H14F4N2O2S. The highest BCUT2D eigenvalue weighted by Crippen LogP contribution is 2.57. The Bertz CT molecular complexity index is 877. The second-order valence-corrected chi connectivity index (χ2v) is 8.94. The molecule has 1 saturated heterocycles. The number of sulfonamides is 1. The van der Waals surface area contributed by atoms with Crippen LogP contribution in [-0.2, 0) is 16.2 Å². The van der Waals surface area contributed by atoms with Crippen molar-refractivity contribution in [2.75, 3.05) is 10.8 Å². The second-order valence-electron chi connectivity index (χ2n) is 6.93. The van der Waals surface area contributed by atoms with Gasteiger partial charge in [0, 0.05) is 18.2 Å². The van der Waals surface area contributed by atoms with Crippen LogP contribution in [0.3, 0.4) is 0 Å². The average molecular weight is 374 g/mol. The van der Waals surface area contributed by atoms with E-state index in [9.17, 15) is 26.0 Å². The summed E-state index contributed by atoms with van der Waals surface area (Å²) in [7, 11) is -3.91. The van der Waals surface area contributed by atoms with E-state index in [1.165, 1.54) is 6.07 Å². The fraction of sp³-hybridized carbons (Fsp3) is 0.562. The maximum Gasteiger partial charge on any atom is 0.407 e. The first-order valence-electron chi connectivity index (χ1n) is 7.89. The van der Waals surface area contributed by atoms with Crippen molar-refractivity contribution in [3.8, 4) is 0 Å². The molecule has 4 nitrogen and oxygen atoms in total. The van der Waals surface area contributed by atoms with Crippen LogP contribution in [0.2, 0.25) is 0 Å². The Morgan fingerprint density at radius 3 is 2.56 bits per heavy atom. The molecule has 3 aliphatic rings. The standard InChI is InChI=1S/C16H14F4N2O2S/c1-21-14-3-2-9(6-12(14)16(18,19)20)22-7-11-8-4-10(13(17)5-8)15(11)25(22,23)24/h2-3,6,8,10-11,13,15H,4-5,7H2/t8-,10+,11+,13+,15-/m0/s1. The highest BCUT2D eigenvalue weighted by molar-refractivity contribution is 7.93. The molecule has 4 rings (SSSR count). The highest BCUT2D eigenvalue weighted by Gasteiger charge is 2.63. The molecule has 1 aromatic carbocycles. The average Bonchev–Trinajstić information content (AvgIpc) is 3.15. The largest absolute Gasteiger partial charge is 0.407 e. The van der Waals surface area contributed by atoms with Crippen LogP contribution in [0.5, 0.6) is 0 Å². The van der Waals surface area contributed by atoms with Gasteiger partial charge in [0.2, 0.25) is 10.0 Å². The van der Waals surface area contributed by atoms with Crippen LogP contribution < -0.4 is 4.31 Å². The van der Waals surface area contributed by atoms with Crippen LogP contribution in [0.15, 0.2) is 18.2 Å². The van der Waals surface area contributed by atoms with Crippen molar-refractivity contribution in [1.82, 2.24) is 0 Å². The van der Waals surface area contributed by atoms with Crippen molar-refractivity contribution < 1.29 is 26.0 Å². The third-order valence-corrected chi connectivity index (χ3v) is 8.10. The van der Waals surface area contributed by atoms with Gasteiger partial charge in [0.15, 0.2) is 5.69 Å². The molecule has 5 atom stereocenters. The zero-order valence-corrected chi connectivity index (χ0v) is 13.7. The van der Waals surface area contributed by atoms with Gasteiger partial charge in [-0.2, -0.15) is 13.2 Å². The van der Waals surface area contributed by atoms with Gasteiger partial charge in [-0.1, -0.05) is 6.07 Å². The molecular weight excluding hydrogens is 360 g/mol. The van der Waals surface area contributed by atoms with Crippen molar-refractivity contribution >= 4 is 21.4 Å². The number of benzene rings is 1. The monoisotopic (exact) mass is 374 g/mol. The van der Waals surface area contributed by atoms with Gasteiger partial charge in [0.25, 0.3) is 0 Å². The van der Waals surface area contributed by atoms with E-state index in [0.717, 1.165) is 10.4 Å². The quantitative estimate of drug-likeness (QED) is 0.555. The zero-order valence-electron chi connectivity index (χ0n) is 12.9. The summed E-state index contributed by atoms with van der Waals surface area (Å²) in [6.45, 7) is 6.94. The maximum atomic E-state index is 14.0. The molecule has 0 unspecified atom stereocenters. The van der Waals surface area contributed by atoms with Crippen LogP contribution >= 0.6 is 0 Å². The Kier molecular flexibility index (Phi) is 3.39. The van der Waals surface area contributed by atoms with Crippen molar-refractivity contribution in [3.63, 3.8) is 0 Å². The lowest BCUT2D eigenvalue weighted by atomic mass is 9.87. The summed E-state index contributed by atoms with van der Waals surface area (Å²) in [4.78, 5) is 2.85. The third-order valence-electron chi connectivity index (χ3n) is 5.74. The Hall–Kier alpha value is -1.82. The summed E-state index contributed by atoms with van der Waals surface area (Å²) >= 11 is 0. The van der Waals surface area contributed by atoms with Crippen LogP contribution in [0.25, 0.3) is 4.85 Å². The normalized spacial score (nSPS) is 35.6. The maximum absolute atomic E-state index is 14.0. The molecule has 1 heterocycles. The van der Waals surface area contributed by atoms with Gasteiger partial charge in [-0.3, -0.25) is 4.31 Å². The van der Waals surface area contributed by atoms with E-state index in [1.54, 1.807) is 0 Å². The minimum absolute atomic E-state index is 0.0330. The molecule has 1 aromatic rings. The minimum Gasteiger partial charge on any atom is -0.270 e. The number of alkyl halides is 4.